The molecular weight excluding hydrogens is 434 g/mol. The molecule has 7 nitrogen and oxygen atoms in total. The van der Waals surface area contributed by atoms with Crippen LogP contribution in [-0.4, -0.2) is 52.5 Å². The van der Waals surface area contributed by atoms with E-state index < -0.39 is 12.2 Å². The van der Waals surface area contributed by atoms with Crippen LogP contribution in [0.1, 0.15) is 83.6 Å². The van der Waals surface area contributed by atoms with Gasteiger partial charge in [0.05, 0.1) is 31.1 Å². The monoisotopic (exact) mass is 477 g/mol. The van der Waals surface area contributed by atoms with Crippen molar-refractivity contribution >= 4 is 11.7 Å². The Labute approximate surface area is 204 Å². The highest BCUT2D eigenvalue weighted by atomic mass is 16.5. The first-order chi connectivity index (χ1) is 16.3. The molecular formula is C27H43NO6. The Morgan fingerprint density at radius 3 is 2.62 bits per heavy atom. The van der Waals surface area contributed by atoms with E-state index in [1.165, 1.54) is 0 Å². The molecule has 1 aromatic carbocycles. The quantitative estimate of drug-likeness (QED) is 0.144. The van der Waals surface area contributed by atoms with Crippen LogP contribution in [0.25, 0.3) is 0 Å². The fourth-order valence-corrected chi connectivity index (χ4v) is 4.92. The Balaban J connectivity index is 1.74. The summed E-state index contributed by atoms with van der Waals surface area (Å²) in [5.74, 6) is 0.707. The van der Waals surface area contributed by atoms with E-state index in [0.29, 0.717) is 37.8 Å². The summed E-state index contributed by atoms with van der Waals surface area (Å²) in [6.45, 7) is 3.70. The highest BCUT2D eigenvalue weighted by Crippen LogP contribution is 2.37. The second kappa shape index (κ2) is 15.0. The average Bonchev–Trinajstić information content (AvgIpc) is 3.12. The van der Waals surface area contributed by atoms with Crippen LogP contribution < -0.4 is 4.74 Å². The minimum Gasteiger partial charge on any atom is -0.497 e. The SMILES string of the molecule is COc1cccc(CCC(O)CCC2/C(=N/O)CC(O)C2CCCCCCC(=O)OC(C)C)c1. The third-order valence-electron chi connectivity index (χ3n) is 6.73. The van der Waals surface area contributed by atoms with Gasteiger partial charge in [0.15, 0.2) is 0 Å². The molecule has 7 heteroatoms. The Kier molecular flexibility index (Phi) is 12.4. The molecule has 0 spiro atoms. The van der Waals surface area contributed by atoms with Gasteiger partial charge in [-0.2, -0.15) is 0 Å². The Hall–Kier alpha value is -2.12. The zero-order valence-corrected chi connectivity index (χ0v) is 21.0. The van der Waals surface area contributed by atoms with Gasteiger partial charge in [0.25, 0.3) is 0 Å². The number of hydrogen-bond donors (Lipinski definition) is 3. The van der Waals surface area contributed by atoms with Crippen molar-refractivity contribution in [1.82, 2.24) is 0 Å². The minimum atomic E-state index is -0.508. The molecule has 3 N–H and O–H groups in total. The predicted molar refractivity (Wildman–Crippen MR) is 132 cm³/mol. The molecule has 1 fully saturated rings. The first-order valence-corrected chi connectivity index (χ1v) is 12.7. The van der Waals surface area contributed by atoms with Crippen molar-refractivity contribution in [2.75, 3.05) is 7.11 Å². The zero-order chi connectivity index (χ0) is 24.9. The smallest absolute Gasteiger partial charge is 0.306 e. The maximum Gasteiger partial charge on any atom is 0.306 e. The van der Waals surface area contributed by atoms with Crippen molar-refractivity contribution in [2.45, 2.75) is 103 Å². The number of carbonyl (C=O) groups excluding carboxylic acids is 1. The summed E-state index contributed by atoms with van der Waals surface area (Å²) in [6.07, 6.45) is 7.08. The van der Waals surface area contributed by atoms with Crippen LogP contribution in [0.15, 0.2) is 29.4 Å². The Morgan fingerprint density at radius 1 is 1.15 bits per heavy atom. The molecule has 192 valence electrons. The van der Waals surface area contributed by atoms with Gasteiger partial charge in [0.1, 0.15) is 5.75 Å². The number of methoxy groups -OCH3 is 1. The molecule has 0 amide bonds. The van der Waals surface area contributed by atoms with E-state index in [4.69, 9.17) is 9.47 Å². The molecule has 0 aliphatic heterocycles. The number of aliphatic hydroxyl groups is 2. The van der Waals surface area contributed by atoms with Crippen LogP contribution >= 0.6 is 0 Å². The topological polar surface area (TPSA) is 109 Å². The highest BCUT2D eigenvalue weighted by Gasteiger charge is 2.39. The Morgan fingerprint density at radius 2 is 1.91 bits per heavy atom. The largest absolute Gasteiger partial charge is 0.497 e. The first-order valence-electron chi connectivity index (χ1n) is 12.7. The second-order valence-electron chi connectivity index (χ2n) is 9.75. The van der Waals surface area contributed by atoms with E-state index >= 15 is 0 Å². The molecule has 1 aliphatic rings. The predicted octanol–water partition coefficient (Wildman–Crippen LogP) is 4.89. The average molecular weight is 478 g/mol. The van der Waals surface area contributed by atoms with Gasteiger partial charge in [-0.3, -0.25) is 4.79 Å². The number of unbranched alkanes of at least 4 members (excludes halogenated alkanes) is 3. The van der Waals surface area contributed by atoms with Gasteiger partial charge >= 0.3 is 5.97 Å². The van der Waals surface area contributed by atoms with Crippen LogP contribution in [0.3, 0.4) is 0 Å². The molecule has 4 atom stereocenters. The lowest BCUT2D eigenvalue weighted by atomic mass is 9.84. The number of ether oxygens (including phenoxy) is 2. The van der Waals surface area contributed by atoms with E-state index in [1.807, 2.05) is 38.1 Å². The van der Waals surface area contributed by atoms with Gasteiger partial charge in [-0.1, -0.05) is 36.6 Å². The standard InChI is InChI=1S/C27H43NO6/c1-19(2)34-27(31)12-7-5-4-6-11-24-23(25(28-32)18-26(24)30)16-15-21(29)14-13-20-9-8-10-22(17-20)33-3/h8-10,17,19,21,23-24,26,29-30,32H,4-7,11-16,18H2,1-3H3/b28-25+. The van der Waals surface area contributed by atoms with Gasteiger partial charge in [0, 0.05) is 18.8 Å². The van der Waals surface area contributed by atoms with Crippen molar-refractivity contribution in [2.24, 2.45) is 17.0 Å². The Bertz CT molecular complexity index is 765. The first kappa shape index (κ1) is 28.1. The van der Waals surface area contributed by atoms with E-state index in [-0.39, 0.29) is 23.9 Å². The maximum atomic E-state index is 11.6. The fraction of sp³-hybridized carbons (Fsp3) is 0.704. The van der Waals surface area contributed by atoms with Crippen LogP contribution in [-0.2, 0) is 16.0 Å². The van der Waals surface area contributed by atoms with E-state index in [9.17, 15) is 20.2 Å². The fourth-order valence-electron chi connectivity index (χ4n) is 4.92. The molecule has 0 radical (unpaired) electrons. The molecule has 34 heavy (non-hydrogen) atoms. The molecule has 4 unspecified atom stereocenters. The van der Waals surface area contributed by atoms with Crippen molar-refractivity contribution < 1.29 is 29.7 Å². The van der Waals surface area contributed by atoms with E-state index in [1.54, 1.807) is 7.11 Å². The van der Waals surface area contributed by atoms with Gasteiger partial charge < -0.3 is 24.9 Å². The highest BCUT2D eigenvalue weighted by molar-refractivity contribution is 5.89. The summed E-state index contributed by atoms with van der Waals surface area (Å²) in [6, 6.07) is 7.87. The van der Waals surface area contributed by atoms with Crippen LogP contribution in [0.2, 0.25) is 0 Å². The van der Waals surface area contributed by atoms with Crippen LogP contribution in [0.4, 0.5) is 0 Å². The molecule has 1 aliphatic carbocycles. The molecule has 0 heterocycles. The van der Waals surface area contributed by atoms with Gasteiger partial charge in [-0.15, -0.1) is 0 Å². The number of rotatable bonds is 15. The van der Waals surface area contributed by atoms with Crippen LogP contribution in [0, 0.1) is 11.8 Å². The number of aliphatic hydroxyl groups excluding tert-OH is 2. The molecule has 0 aromatic heterocycles. The van der Waals surface area contributed by atoms with Crippen molar-refractivity contribution in [3.05, 3.63) is 29.8 Å². The summed E-state index contributed by atoms with van der Waals surface area (Å²) in [4.78, 5) is 11.6. The molecule has 1 saturated carbocycles. The summed E-state index contributed by atoms with van der Waals surface area (Å²) in [7, 11) is 1.64. The summed E-state index contributed by atoms with van der Waals surface area (Å²) in [5.41, 5.74) is 1.77. The normalized spacial score (nSPS) is 22.3. The number of hydrogen-bond acceptors (Lipinski definition) is 7. The third-order valence-corrected chi connectivity index (χ3v) is 6.73. The summed E-state index contributed by atoms with van der Waals surface area (Å²) in [5, 5.41) is 34.0. The van der Waals surface area contributed by atoms with Crippen molar-refractivity contribution in [3.8, 4) is 5.75 Å². The number of oxime groups is 1. The number of benzene rings is 1. The van der Waals surface area contributed by atoms with Gasteiger partial charge in [0.2, 0.25) is 0 Å². The number of carbonyl (C=O) groups is 1. The molecule has 1 aromatic rings. The number of nitrogens with zero attached hydrogens (tertiary/aromatic N) is 1. The van der Waals surface area contributed by atoms with Crippen LogP contribution in [0.5, 0.6) is 5.75 Å². The van der Waals surface area contributed by atoms with E-state index in [2.05, 4.69) is 5.16 Å². The lowest BCUT2D eigenvalue weighted by Crippen LogP contribution is -2.22. The minimum absolute atomic E-state index is 0.00695. The zero-order valence-electron chi connectivity index (χ0n) is 21.0. The second-order valence-corrected chi connectivity index (χ2v) is 9.75. The van der Waals surface area contributed by atoms with Crippen molar-refractivity contribution in [1.29, 1.82) is 0 Å². The number of aryl methyl sites for hydroxylation is 1. The van der Waals surface area contributed by atoms with E-state index in [0.717, 1.165) is 49.8 Å². The maximum absolute atomic E-state index is 11.6. The lowest BCUT2D eigenvalue weighted by Gasteiger charge is -2.23. The molecule has 0 bridgehead atoms. The van der Waals surface area contributed by atoms with Gasteiger partial charge in [-0.05, 0) is 76.0 Å². The van der Waals surface area contributed by atoms with Crippen molar-refractivity contribution in [3.63, 3.8) is 0 Å². The molecule has 0 saturated heterocycles. The van der Waals surface area contributed by atoms with Gasteiger partial charge in [-0.25, -0.2) is 0 Å². The molecule has 2 rings (SSSR count). The summed E-state index contributed by atoms with van der Waals surface area (Å²) < 4.78 is 10.4. The summed E-state index contributed by atoms with van der Waals surface area (Å²) >= 11 is 0. The number of esters is 1. The lowest BCUT2D eigenvalue weighted by molar-refractivity contribution is -0.147. The third kappa shape index (κ3) is 9.63.